The molecule has 0 aliphatic heterocycles. The number of phenolic OH excluding ortho intramolecular Hbond substituents is 2. The van der Waals surface area contributed by atoms with Gasteiger partial charge in [0.1, 0.15) is 11.5 Å². The van der Waals surface area contributed by atoms with E-state index in [0.29, 0.717) is 0 Å². The fraction of sp³-hybridized carbons (Fsp3) is 0.200. The highest BCUT2D eigenvalue weighted by Crippen LogP contribution is 2.35. The van der Waals surface area contributed by atoms with Gasteiger partial charge in [-0.15, -0.1) is 0 Å². The van der Waals surface area contributed by atoms with Crippen LogP contribution in [0.3, 0.4) is 0 Å². The van der Waals surface area contributed by atoms with Crippen LogP contribution in [-0.2, 0) is 0 Å². The van der Waals surface area contributed by atoms with E-state index in [4.69, 9.17) is 0 Å². The van der Waals surface area contributed by atoms with E-state index in [9.17, 15) is 10.2 Å². The Hall–Kier alpha value is -1.96. The first-order valence-electron chi connectivity index (χ1n) is 5.58. The number of benzene rings is 2. The van der Waals surface area contributed by atoms with Gasteiger partial charge in [-0.25, -0.2) is 0 Å². The average Bonchev–Trinajstić information content (AvgIpc) is 2.13. The molecule has 0 aromatic heterocycles. The summed E-state index contributed by atoms with van der Waals surface area (Å²) in [5.74, 6) is 0.479. The predicted molar refractivity (Wildman–Crippen MR) is 69.4 cm³/mol. The first-order valence-corrected chi connectivity index (χ1v) is 5.58. The van der Waals surface area contributed by atoms with E-state index in [0.717, 1.165) is 27.8 Å². The molecule has 0 atom stereocenters. The molecule has 2 nitrogen and oxygen atoms in total. The maximum atomic E-state index is 10.0. The molecule has 0 saturated heterocycles. The Labute approximate surface area is 101 Å². The third-order valence-corrected chi connectivity index (χ3v) is 2.81. The molecule has 0 bridgehead atoms. The van der Waals surface area contributed by atoms with Crippen molar-refractivity contribution in [1.82, 2.24) is 0 Å². The molecular formula is C15H16O2. The lowest BCUT2D eigenvalue weighted by Crippen LogP contribution is -1.87. The minimum atomic E-state index is 0.222. The van der Waals surface area contributed by atoms with Gasteiger partial charge in [-0.1, -0.05) is 12.1 Å². The van der Waals surface area contributed by atoms with Crippen LogP contribution < -0.4 is 0 Å². The minimum Gasteiger partial charge on any atom is -0.508 e. The van der Waals surface area contributed by atoms with Gasteiger partial charge in [0.15, 0.2) is 0 Å². The van der Waals surface area contributed by atoms with Gasteiger partial charge in [-0.05, 0) is 61.2 Å². The first-order chi connectivity index (χ1) is 7.97. The zero-order valence-electron chi connectivity index (χ0n) is 10.3. The highest BCUT2D eigenvalue weighted by Gasteiger charge is 2.10. The molecule has 88 valence electrons. The Morgan fingerprint density at radius 1 is 0.765 bits per heavy atom. The number of hydrogen-bond acceptors (Lipinski definition) is 2. The average molecular weight is 228 g/mol. The fourth-order valence-corrected chi connectivity index (χ4v) is 2.23. The van der Waals surface area contributed by atoms with Crippen LogP contribution in [0, 0.1) is 20.8 Å². The van der Waals surface area contributed by atoms with Crippen molar-refractivity contribution >= 4 is 0 Å². The van der Waals surface area contributed by atoms with Crippen molar-refractivity contribution in [3.8, 4) is 22.6 Å². The number of hydrogen-bond donors (Lipinski definition) is 2. The van der Waals surface area contributed by atoms with Crippen LogP contribution in [0.1, 0.15) is 16.7 Å². The molecule has 0 fully saturated rings. The van der Waals surface area contributed by atoms with Gasteiger partial charge in [0.25, 0.3) is 0 Å². The van der Waals surface area contributed by atoms with Gasteiger partial charge in [0.05, 0.1) is 0 Å². The lowest BCUT2D eigenvalue weighted by atomic mass is 9.96. The van der Waals surface area contributed by atoms with Crippen LogP contribution >= 0.6 is 0 Å². The van der Waals surface area contributed by atoms with Crippen molar-refractivity contribution < 1.29 is 10.2 Å². The second kappa shape index (κ2) is 4.13. The molecule has 0 heterocycles. The van der Waals surface area contributed by atoms with Crippen molar-refractivity contribution in [3.05, 3.63) is 47.0 Å². The largest absolute Gasteiger partial charge is 0.508 e. The van der Waals surface area contributed by atoms with Gasteiger partial charge >= 0.3 is 0 Å². The summed E-state index contributed by atoms with van der Waals surface area (Å²) in [7, 11) is 0. The molecule has 0 radical (unpaired) electrons. The van der Waals surface area contributed by atoms with Crippen LogP contribution in [0.25, 0.3) is 11.1 Å². The molecule has 0 aliphatic rings. The summed E-state index contributed by atoms with van der Waals surface area (Å²) in [4.78, 5) is 0. The van der Waals surface area contributed by atoms with E-state index in [1.165, 1.54) is 0 Å². The Bertz CT molecular complexity index is 528. The SMILES string of the molecule is Cc1cc(O)cc(-c2c(C)cc(C)cc2O)c1. The zero-order chi connectivity index (χ0) is 12.6. The summed E-state index contributed by atoms with van der Waals surface area (Å²) >= 11 is 0. The van der Waals surface area contributed by atoms with Crippen LogP contribution in [0.5, 0.6) is 11.5 Å². The predicted octanol–water partition coefficient (Wildman–Crippen LogP) is 3.69. The molecule has 0 aliphatic carbocycles. The number of aromatic hydroxyl groups is 2. The van der Waals surface area contributed by atoms with E-state index in [1.54, 1.807) is 18.2 Å². The summed E-state index contributed by atoms with van der Waals surface area (Å²) in [6.07, 6.45) is 0. The highest BCUT2D eigenvalue weighted by molar-refractivity contribution is 5.75. The van der Waals surface area contributed by atoms with E-state index < -0.39 is 0 Å². The van der Waals surface area contributed by atoms with Crippen molar-refractivity contribution in [3.63, 3.8) is 0 Å². The second-order valence-electron chi connectivity index (χ2n) is 4.53. The molecule has 2 aromatic carbocycles. The van der Waals surface area contributed by atoms with E-state index >= 15 is 0 Å². The van der Waals surface area contributed by atoms with E-state index in [2.05, 4.69) is 0 Å². The molecule has 0 saturated carbocycles. The van der Waals surface area contributed by atoms with Crippen LogP contribution in [-0.4, -0.2) is 10.2 Å². The number of phenols is 2. The Morgan fingerprint density at radius 2 is 1.41 bits per heavy atom. The molecule has 0 spiro atoms. The lowest BCUT2D eigenvalue weighted by Gasteiger charge is -2.11. The number of rotatable bonds is 1. The first kappa shape index (κ1) is 11.5. The Kier molecular flexibility index (Phi) is 2.80. The topological polar surface area (TPSA) is 40.5 Å². The van der Waals surface area contributed by atoms with Crippen molar-refractivity contribution in [2.24, 2.45) is 0 Å². The van der Waals surface area contributed by atoms with Crippen molar-refractivity contribution in [2.45, 2.75) is 20.8 Å². The Balaban J connectivity index is 2.68. The maximum Gasteiger partial charge on any atom is 0.123 e. The summed E-state index contributed by atoms with van der Waals surface area (Å²) in [5, 5.41) is 19.6. The third-order valence-electron chi connectivity index (χ3n) is 2.81. The summed E-state index contributed by atoms with van der Waals surface area (Å²) in [6.45, 7) is 5.83. The molecule has 2 heteroatoms. The maximum absolute atomic E-state index is 10.0. The standard InChI is InChI=1S/C15H16O2/c1-9-4-11(3)15(14(17)7-9)12-5-10(2)6-13(16)8-12/h4-8,16-17H,1-3H3. The lowest BCUT2D eigenvalue weighted by molar-refractivity contribution is 0.473. The zero-order valence-corrected chi connectivity index (χ0v) is 10.3. The van der Waals surface area contributed by atoms with Gasteiger partial charge in [0, 0.05) is 5.56 Å². The summed E-state index contributed by atoms with van der Waals surface area (Å²) in [6, 6.07) is 9.09. The van der Waals surface area contributed by atoms with Crippen molar-refractivity contribution in [2.75, 3.05) is 0 Å². The molecular weight excluding hydrogens is 212 g/mol. The molecule has 2 N–H and O–H groups in total. The van der Waals surface area contributed by atoms with Crippen LogP contribution in [0.4, 0.5) is 0 Å². The monoisotopic (exact) mass is 228 g/mol. The summed E-state index contributed by atoms with van der Waals surface area (Å²) in [5.41, 5.74) is 4.64. The quantitative estimate of drug-likeness (QED) is 0.781. The van der Waals surface area contributed by atoms with Gasteiger partial charge in [-0.2, -0.15) is 0 Å². The molecule has 17 heavy (non-hydrogen) atoms. The third kappa shape index (κ3) is 2.26. The molecule has 2 aromatic rings. The van der Waals surface area contributed by atoms with Crippen LogP contribution in [0.15, 0.2) is 30.3 Å². The van der Waals surface area contributed by atoms with Gasteiger partial charge < -0.3 is 10.2 Å². The normalized spacial score (nSPS) is 10.5. The molecule has 2 rings (SSSR count). The number of aryl methyl sites for hydroxylation is 3. The van der Waals surface area contributed by atoms with Crippen molar-refractivity contribution in [1.29, 1.82) is 0 Å². The minimum absolute atomic E-state index is 0.222. The van der Waals surface area contributed by atoms with E-state index in [-0.39, 0.29) is 11.5 Å². The van der Waals surface area contributed by atoms with Gasteiger partial charge in [0.2, 0.25) is 0 Å². The van der Waals surface area contributed by atoms with Gasteiger partial charge in [-0.3, -0.25) is 0 Å². The molecule has 0 unspecified atom stereocenters. The second-order valence-corrected chi connectivity index (χ2v) is 4.53. The summed E-state index contributed by atoms with van der Waals surface area (Å²) < 4.78 is 0. The Morgan fingerprint density at radius 3 is 2.00 bits per heavy atom. The highest BCUT2D eigenvalue weighted by atomic mass is 16.3. The smallest absolute Gasteiger partial charge is 0.123 e. The fourth-order valence-electron chi connectivity index (χ4n) is 2.23. The van der Waals surface area contributed by atoms with Crippen LogP contribution in [0.2, 0.25) is 0 Å². The molecule has 0 amide bonds. The van der Waals surface area contributed by atoms with E-state index in [1.807, 2.05) is 32.9 Å².